The van der Waals surface area contributed by atoms with Gasteiger partial charge in [0.1, 0.15) is 5.75 Å². The Morgan fingerprint density at radius 2 is 1.93 bits per heavy atom. The molecule has 1 aliphatic rings. The highest BCUT2D eigenvalue weighted by molar-refractivity contribution is 6.31. The Morgan fingerprint density at radius 3 is 2.56 bits per heavy atom. The van der Waals surface area contributed by atoms with Gasteiger partial charge >= 0.3 is 5.97 Å². The van der Waals surface area contributed by atoms with Crippen molar-refractivity contribution in [1.82, 2.24) is 0 Å². The van der Waals surface area contributed by atoms with Crippen LogP contribution in [0.4, 0.5) is 11.4 Å². The van der Waals surface area contributed by atoms with Gasteiger partial charge < -0.3 is 20.1 Å². The zero-order valence-corrected chi connectivity index (χ0v) is 15.2. The summed E-state index contributed by atoms with van der Waals surface area (Å²) >= 11 is 6.03. The van der Waals surface area contributed by atoms with Gasteiger partial charge in [-0.05, 0) is 42.5 Å². The number of hydrogen-bond acceptors (Lipinski definition) is 4. The maximum absolute atomic E-state index is 12.5. The number of carbonyl (C=O) groups excluding carboxylic acids is 2. The van der Waals surface area contributed by atoms with Gasteiger partial charge in [-0.25, -0.2) is 4.79 Å². The molecule has 0 radical (unpaired) electrons. The molecule has 1 heterocycles. The molecule has 8 heteroatoms. The van der Waals surface area contributed by atoms with Gasteiger partial charge in [0.25, 0.3) is 0 Å². The van der Waals surface area contributed by atoms with Crippen LogP contribution in [0, 0.1) is 5.92 Å². The summed E-state index contributed by atoms with van der Waals surface area (Å²) in [4.78, 5) is 37.3. The predicted octanol–water partition coefficient (Wildman–Crippen LogP) is 3.04. The van der Waals surface area contributed by atoms with Crippen LogP contribution in [0.15, 0.2) is 42.5 Å². The Bertz CT molecular complexity index is 897. The van der Waals surface area contributed by atoms with Gasteiger partial charge in [0.2, 0.25) is 11.8 Å². The number of carboxylic acid groups (broad SMARTS) is 1. The summed E-state index contributed by atoms with van der Waals surface area (Å²) in [5.41, 5.74) is 1.12. The van der Waals surface area contributed by atoms with Gasteiger partial charge in [0, 0.05) is 23.7 Å². The number of amides is 2. The monoisotopic (exact) mass is 388 g/mol. The van der Waals surface area contributed by atoms with Crippen LogP contribution < -0.4 is 15.0 Å². The van der Waals surface area contributed by atoms with E-state index >= 15 is 0 Å². The second-order valence-corrected chi connectivity index (χ2v) is 6.53. The number of ether oxygens (including phenoxy) is 1. The lowest BCUT2D eigenvalue weighted by molar-refractivity contribution is -0.122. The molecule has 0 spiro atoms. The van der Waals surface area contributed by atoms with Gasteiger partial charge in [-0.1, -0.05) is 11.6 Å². The minimum absolute atomic E-state index is 0.0642. The fraction of sp³-hybridized carbons (Fsp3) is 0.211. The molecule has 1 saturated heterocycles. The number of aromatic carboxylic acids is 1. The number of nitrogens with zero attached hydrogens (tertiary/aromatic N) is 1. The average Bonchev–Trinajstić information content (AvgIpc) is 3.04. The Hall–Kier alpha value is -3.06. The van der Waals surface area contributed by atoms with Crippen LogP contribution >= 0.6 is 11.6 Å². The first-order valence-electron chi connectivity index (χ1n) is 8.17. The quantitative estimate of drug-likeness (QED) is 0.820. The molecule has 2 N–H and O–H groups in total. The van der Waals surface area contributed by atoms with E-state index in [2.05, 4.69) is 5.32 Å². The van der Waals surface area contributed by atoms with Crippen molar-refractivity contribution in [1.29, 1.82) is 0 Å². The van der Waals surface area contributed by atoms with Gasteiger partial charge in [-0.2, -0.15) is 0 Å². The summed E-state index contributed by atoms with van der Waals surface area (Å²) in [7, 11) is 1.50. The summed E-state index contributed by atoms with van der Waals surface area (Å²) < 4.78 is 5.28. The maximum Gasteiger partial charge on any atom is 0.335 e. The van der Waals surface area contributed by atoms with Crippen LogP contribution in [0.25, 0.3) is 0 Å². The zero-order chi connectivity index (χ0) is 19.6. The highest BCUT2D eigenvalue weighted by Gasteiger charge is 2.36. The van der Waals surface area contributed by atoms with E-state index in [9.17, 15) is 14.4 Å². The van der Waals surface area contributed by atoms with Crippen molar-refractivity contribution in [2.75, 3.05) is 23.9 Å². The standard InChI is InChI=1S/C19H17ClN2O5/c1-27-16-7-4-13(20)9-15(16)22-10-12(8-17(22)23)18(24)21-14-5-2-11(3-6-14)19(25)26/h2-7,9,12H,8,10H2,1H3,(H,21,24)(H,25,26)/t12-/m1/s1. The molecule has 0 aromatic heterocycles. The largest absolute Gasteiger partial charge is 0.495 e. The average molecular weight is 389 g/mol. The lowest BCUT2D eigenvalue weighted by Gasteiger charge is -2.20. The van der Waals surface area contributed by atoms with Crippen molar-refractivity contribution < 1.29 is 24.2 Å². The Morgan fingerprint density at radius 1 is 1.22 bits per heavy atom. The number of halogens is 1. The van der Waals surface area contributed by atoms with Crippen molar-refractivity contribution >= 4 is 40.8 Å². The van der Waals surface area contributed by atoms with E-state index < -0.39 is 11.9 Å². The highest BCUT2D eigenvalue weighted by atomic mass is 35.5. The molecular weight excluding hydrogens is 372 g/mol. The maximum atomic E-state index is 12.5. The van der Waals surface area contributed by atoms with Gasteiger partial charge in [-0.15, -0.1) is 0 Å². The van der Waals surface area contributed by atoms with Crippen LogP contribution in [-0.4, -0.2) is 36.5 Å². The molecule has 0 saturated carbocycles. The number of carbonyl (C=O) groups is 3. The minimum Gasteiger partial charge on any atom is -0.495 e. The van der Waals surface area contributed by atoms with Crippen LogP contribution in [0.3, 0.4) is 0 Å². The van der Waals surface area contributed by atoms with Crippen LogP contribution in [0.1, 0.15) is 16.8 Å². The molecule has 0 unspecified atom stereocenters. The van der Waals surface area contributed by atoms with Crippen molar-refractivity contribution in [2.24, 2.45) is 5.92 Å². The van der Waals surface area contributed by atoms with Crippen LogP contribution in [0.2, 0.25) is 5.02 Å². The van der Waals surface area contributed by atoms with Crippen molar-refractivity contribution in [3.63, 3.8) is 0 Å². The molecule has 3 rings (SSSR count). The van der Waals surface area contributed by atoms with E-state index in [-0.39, 0.29) is 30.3 Å². The molecule has 0 aliphatic carbocycles. The van der Waals surface area contributed by atoms with Gasteiger partial charge in [0.05, 0.1) is 24.3 Å². The number of methoxy groups -OCH3 is 1. The number of anilines is 2. The lowest BCUT2D eigenvalue weighted by Crippen LogP contribution is -2.28. The van der Waals surface area contributed by atoms with E-state index in [0.717, 1.165) is 0 Å². The predicted molar refractivity (Wildman–Crippen MR) is 100 cm³/mol. The summed E-state index contributed by atoms with van der Waals surface area (Å²) in [5, 5.41) is 12.1. The van der Waals surface area contributed by atoms with E-state index in [4.69, 9.17) is 21.4 Å². The first-order chi connectivity index (χ1) is 12.9. The van der Waals surface area contributed by atoms with Crippen molar-refractivity contribution in [2.45, 2.75) is 6.42 Å². The molecule has 2 aromatic carbocycles. The van der Waals surface area contributed by atoms with Gasteiger partial charge in [0.15, 0.2) is 0 Å². The summed E-state index contributed by atoms with van der Waals surface area (Å²) in [5.74, 6) is -1.59. The molecule has 27 heavy (non-hydrogen) atoms. The van der Waals surface area contributed by atoms with Crippen molar-refractivity contribution in [3.8, 4) is 5.75 Å². The number of carboxylic acids is 1. The van der Waals surface area contributed by atoms with E-state index in [1.54, 1.807) is 18.2 Å². The Labute approximate surface area is 160 Å². The molecule has 1 aliphatic heterocycles. The van der Waals surface area contributed by atoms with Crippen LogP contribution in [0.5, 0.6) is 5.75 Å². The zero-order valence-electron chi connectivity index (χ0n) is 14.4. The van der Waals surface area contributed by atoms with E-state index in [1.165, 1.54) is 36.3 Å². The third kappa shape index (κ3) is 4.03. The SMILES string of the molecule is COc1ccc(Cl)cc1N1C[C@H](C(=O)Nc2ccc(C(=O)O)cc2)CC1=O. The molecular formula is C19H17ClN2O5. The third-order valence-electron chi connectivity index (χ3n) is 4.33. The third-order valence-corrected chi connectivity index (χ3v) is 4.56. The summed E-state index contributed by atoms with van der Waals surface area (Å²) in [6.07, 6.45) is 0.0642. The molecule has 0 bridgehead atoms. The molecule has 1 fully saturated rings. The fourth-order valence-electron chi connectivity index (χ4n) is 2.93. The normalized spacial score (nSPS) is 16.3. The fourth-order valence-corrected chi connectivity index (χ4v) is 3.10. The topological polar surface area (TPSA) is 95.9 Å². The summed E-state index contributed by atoms with van der Waals surface area (Å²) in [6, 6.07) is 10.8. The Kier molecular flexibility index (Phi) is 5.32. The van der Waals surface area contributed by atoms with Crippen molar-refractivity contribution in [3.05, 3.63) is 53.1 Å². The van der Waals surface area contributed by atoms with E-state index in [0.29, 0.717) is 22.1 Å². The Balaban J connectivity index is 1.72. The lowest BCUT2D eigenvalue weighted by atomic mass is 10.1. The smallest absolute Gasteiger partial charge is 0.335 e. The van der Waals surface area contributed by atoms with Crippen LogP contribution in [-0.2, 0) is 9.59 Å². The molecule has 1 atom stereocenters. The number of hydrogen-bond donors (Lipinski definition) is 2. The second-order valence-electron chi connectivity index (χ2n) is 6.09. The molecule has 2 amide bonds. The molecule has 7 nitrogen and oxygen atoms in total. The van der Waals surface area contributed by atoms with E-state index in [1.807, 2.05) is 0 Å². The minimum atomic E-state index is -1.04. The van der Waals surface area contributed by atoms with Gasteiger partial charge in [-0.3, -0.25) is 9.59 Å². The number of rotatable bonds is 5. The number of benzene rings is 2. The highest BCUT2D eigenvalue weighted by Crippen LogP contribution is 2.35. The molecule has 140 valence electrons. The summed E-state index contributed by atoms with van der Waals surface area (Å²) in [6.45, 7) is 0.203. The first-order valence-corrected chi connectivity index (χ1v) is 8.55. The molecule has 2 aromatic rings. The first kappa shape index (κ1) is 18.7. The second kappa shape index (κ2) is 7.67. The number of nitrogens with one attached hydrogen (secondary N) is 1.